The van der Waals surface area contributed by atoms with Crippen LogP contribution in [0.25, 0.3) is 0 Å². The van der Waals surface area contributed by atoms with Crippen molar-refractivity contribution in [1.29, 1.82) is 0 Å². The molecule has 3 aliphatic rings. The number of hydrogen-bond acceptors (Lipinski definition) is 4. The molecule has 0 bridgehead atoms. The Morgan fingerprint density at radius 1 is 1.08 bits per heavy atom. The Kier molecular flexibility index (Phi) is 7.14. The fourth-order valence-corrected chi connectivity index (χ4v) is 5.02. The van der Waals surface area contributed by atoms with Crippen LogP contribution in [0.15, 0.2) is 0 Å². The molecule has 0 aromatic heterocycles. The fraction of sp³-hybridized carbons (Fsp3) is 0.950. The van der Waals surface area contributed by atoms with E-state index in [4.69, 9.17) is 4.74 Å². The number of carbonyl (C=O) groups excluding carboxylic acids is 1. The molecule has 0 saturated carbocycles. The minimum atomic E-state index is -0.287. The molecule has 0 aliphatic carbocycles. The topological polar surface area (TPSA) is 44.8 Å². The van der Waals surface area contributed by atoms with Crippen LogP contribution < -0.4 is 5.32 Å². The summed E-state index contributed by atoms with van der Waals surface area (Å²) in [6.45, 7) is 8.01. The highest BCUT2D eigenvalue weighted by Crippen LogP contribution is 2.33. The highest BCUT2D eigenvalue weighted by Gasteiger charge is 2.43. The second-order valence-electron chi connectivity index (χ2n) is 8.44. The van der Waals surface area contributed by atoms with Gasteiger partial charge in [-0.05, 0) is 70.6 Å². The molecule has 5 nitrogen and oxygen atoms in total. The Morgan fingerprint density at radius 3 is 2.48 bits per heavy atom. The summed E-state index contributed by atoms with van der Waals surface area (Å²) in [5, 5.41) is 3.39. The Bertz CT molecular complexity index is 410. The number of carbonyl (C=O) groups is 1. The van der Waals surface area contributed by atoms with E-state index in [2.05, 4.69) is 15.1 Å². The fourth-order valence-electron chi connectivity index (χ4n) is 5.02. The molecule has 25 heavy (non-hydrogen) atoms. The molecule has 1 N–H and O–H groups in total. The zero-order valence-corrected chi connectivity index (χ0v) is 16.1. The van der Waals surface area contributed by atoms with Gasteiger partial charge in [-0.1, -0.05) is 12.8 Å². The van der Waals surface area contributed by atoms with E-state index in [0.29, 0.717) is 18.4 Å². The molecule has 144 valence electrons. The number of amides is 1. The molecule has 1 unspecified atom stereocenters. The first-order valence-electron chi connectivity index (χ1n) is 10.4. The van der Waals surface area contributed by atoms with Crippen molar-refractivity contribution in [3.05, 3.63) is 0 Å². The van der Waals surface area contributed by atoms with Gasteiger partial charge in [-0.25, -0.2) is 0 Å². The minimum Gasteiger partial charge on any atom is -0.384 e. The zero-order chi connectivity index (χ0) is 17.5. The van der Waals surface area contributed by atoms with Crippen molar-refractivity contribution in [2.45, 2.75) is 51.4 Å². The van der Waals surface area contributed by atoms with Crippen LogP contribution in [0, 0.1) is 11.3 Å². The monoisotopic (exact) mass is 351 g/mol. The Labute approximate surface area is 153 Å². The Morgan fingerprint density at radius 2 is 1.80 bits per heavy atom. The lowest BCUT2D eigenvalue weighted by atomic mass is 9.77. The second-order valence-corrected chi connectivity index (χ2v) is 8.44. The number of likely N-dealkylation sites (tertiary alicyclic amines) is 2. The third-order valence-electron chi connectivity index (χ3n) is 6.46. The number of hydrogen-bond donors (Lipinski definition) is 1. The maximum Gasteiger partial charge on any atom is 0.231 e. The van der Waals surface area contributed by atoms with Gasteiger partial charge in [0.05, 0.1) is 12.0 Å². The van der Waals surface area contributed by atoms with Crippen LogP contribution in [-0.2, 0) is 9.53 Å². The van der Waals surface area contributed by atoms with Crippen molar-refractivity contribution < 1.29 is 9.53 Å². The lowest BCUT2D eigenvalue weighted by molar-refractivity contribution is -0.149. The average Bonchev–Trinajstić information content (AvgIpc) is 2.91. The largest absolute Gasteiger partial charge is 0.384 e. The summed E-state index contributed by atoms with van der Waals surface area (Å²) < 4.78 is 5.48. The van der Waals surface area contributed by atoms with Gasteiger partial charge in [0, 0.05) is 26.7 Å². The Hall–Kier alpha value is -0.650. The number of nitrogens with zero attached hydrogens (tertiary/aromatic N) is 2. The summed E-state index contributed by atoms with van der Waals surface area (Å²) in [6, 6.07) is 0. The lowest BCUT2D eigenvalue weighted by Crippen LogP contribution is -2.54. The van der Waals surface area contributed by atoms with Crippen LogP contribution in [0.4, 0.5) is 0 Å². The summed E-state index contributed by atoms with van der Waals surface area (Å²) >= 11 is 0. The van der Waals surface area contributed by atoms with Gasteiger partial charge in [0.2, 0.25) is 5.91 Å². The van der Waals surface area contributed by atoms with E-state index < -0.39 is 0 Å². The number of ether oxygens (including phenoxy) is 1. The lowest BCUT2D eigenvalue weighted by Gasteiger charge is -2.43. The van der Waals surface area contributed by atoms with E-state index in [1.54, 1.807) is 7.11 Å². The number of piperidine rings is 2. The van der Waals surface area contributed by atoms with E-state index in [1.165, 1.54) is 51.7 Å². The molecule has 1 amide bonds. The van der Waals surface area contributed by atoms with E-state index in [1.807, 2.05) is 0 Å². The summed E-state index contributed by atoms with van der Waals surface area (Å²) in [4.78, 5) is 18.2. The van der Waals surface area contributed by atoms with Crippen molar-refractivity contribution in [1.82, 2.24) is 15.1 Å². The van der Waals surface area contributed by atoms with E-state index >= 15 is 0 Å². The third kappa shape index (κ3) is 4.95. The smallest absolute Gasteiger partial charge is 0.231 e. The van der Waals surface area contributed by atoms with Crippen LogP contribution >= 0.6 is 0 Å². The minimum absolute atomic E-state index is 0.287. The molecule has 0 radical (unpaired) electrons. The summed E-state index contributed by atoms with van der Waals surface area (Å²) in [5.41, 5.74) is -0.287. The van der Waals surface area contributed by atoms with Crippen molar-refractivity contribution in [2.75, 3.05) is 59.5 Å². The van der Waals surface area contributed by atoms with Crippen LogP contribution in [0.2, 0.25) is 0 Å². The first kappa shape index (κ1) is 19.1. The quantitative estimate of drug-likeness (QED) is 0.824. The molecule has 5 heteroatoms. The van der Waals surface area contributed by atoms with Crippen LogP contribution in [0.1, 0.15) is 51.4 Å². The standard InChI is InChI=1S/C20H37N3O2/c1-25-17-20(8-10-21-11-9-20)19(24)23-14-6-7-18(16-23)15-22-12-4-2-3-5-13-22/h18,21H,2-17H2,1H3. The molecule has 3 heterocycles. The molecule has 3 saturated heterocycles. The highest BCUT2D eigenvalue weighted by molar-refractivity contribution is 5.83. The molecule has 3 rings (SSSR count). The van der Waals surface area contributed by atoms with Gasteiger partial charge in [-0.15, -0.1) is 0 Å². The third-order valence-corrected chi connectivity index (χ3v) is 6.46. The van der Waals surface area contributed by atoms with Gasteiger partial charge < -0.3 is 19.9 Å². The molecular formula is C20H37N3O2. The van der Waals surface area contributed by atoms with Gasteiger partial charge in [0.1, 0.15) is 0 Å². The molecule has 3 aliphatic heterocycles. The van der Waals surface area contributed by atoms with Crippen molar-refractivity contribution in [2.24, 2.45) is 11.3 Å². The first-order chi connectivity index (χ1) is 12.2. The average molecular weight is 352 g/mol. The number of methoxy groups -OCH3 is 1. The molecule has 1 atom stereocenters. The molecule has 0 aromatic rings. The van der Waals surface area contributed by atoms with Gasteiger partial charge in [0.25, 0.3) is 0 Å². The maximum atomic E-state index is 13.4. The van der Waals surface area contributed by atoms with E-state index in [9.17, 15) is 4.79 Å². The highest BCUT2D eigenvalue weighted by atomic mass is 16.5. The van der Waals surface area contributed by atoms with Crippen LogP contribution in [-0.4, -0.2) is 75.2 Å². The van der Waals surface area contributed by atoms with Crippen molar-refractivity contribution in [3.8, 4) is 0 Å². The van der Waals surface area contributed by atoms with Gasteiger partial charge in [-0.2, -0.15) is 0 Å². The van der Waals surface area contributed by atoms with Crippen LogP contribution in [0.5, 0.6) is 0 Å². The summed E-state index contributed by atoms with van der Waals surface area (Å²) in [5.74, 6) is 1.01. The summed E-state index contributed by atoms with van der Waals surface area (Å²) in [6.07, 6.45) is 9.72. The molecule has 0 spiro atoms. The van der Waals surface area contributed by atoms with Gasteiger partial charge in [0.15, 0.2) is 0 Å². The van der Waals surface area contributed by atoms with Crippen molar-refractivity contribution >= 4 is 5.91 Å². The first-order valence-corrected chi connectivity index (χ1v) is 10.4. The van der Waals surface area contributed by atoms with Crippen molar-refractivity contribution in [3.63, 3.8) is 0 Å². The van der Waals surface area contributed by atoms with E-state index in [0.717, 1.165) is 45.4 Å². The maximum absolute atomic E-state index is 13.4. The SMILES string of the molecule is COCC1(C(=O)N2CCCC(CN3CCCCCC3)C2)CCNCC1. The Balaban J connectivity index is 1.58. The predicted molar refractivity (Wildman–Crippen MR) is 101 cm³/mol. The van der Waals surface area contributed by atoms with Gasteiger partial charge in [-0.3, -0.25) is 4.79 Å². The second kappa shape index (κ2) is 9.33. The normalized spacial score (nSPS) is 28.5. The molecule has 0 aromatic carbocycles. The van der Waals surface area contributed by atoms with Crippen LogP contribution in [0.3, 0.4) is 0 Å². The number of nitrogens with one attached hydrogen (secondary N) is 1. The van der Waals surface area contributed by atoms with E-state index in [-0.39, 0.29) is 5.41 Å². The predicted octanol–water partition coefficient (Wildman–Crippen LogP) is 2.12. The zero-order valence-electron chi connectivity index (χ0n) is 16.1. The molecule has 3 fully saturated rings. The van der Waals surface area contributed by atoms with Gasteiger partial charge >= 0.3 is 0 Å². The molecular weight excluding hydrogens is 314 g/mol. The summed E-state index contributed by atoms with van der Waals surface area (Å²) in [7, 11) is 1.73. The number of rotatable bonds is 5.